The van der Waals surface area contributed by atoms with Gasteiger partial charge in [0.25, 0.3) is 5.92 Å². The Morgan fingerprint density at radius 3 is 2.24 bits per heavy atom. The van der Waals surface area contributed by atoms with Gasteiger partial charge in [-0.1, -0.05) is 11.6 Å². The largest absolute Gasteiger partial charge is 0.416 e. The molecule has 1 aromatic carbocycles. The van der Waals surface area contributed by atoms with E-state index in [1.54, 1.807) is 0 Å². The Labute approximate surface area is 122 Å². The summed E-state index contributed by atoms with van der Waals surface area (Å²) in [5.41, 5.74) is 3.46. The molecule has 3 N–H and O–H groups in total. The van der Waals surface area contributed by atoms with E-state index in [9.17, 15) is 30.4 Å². The summed E-state index contributed by atoms with van der Waals surface area (Å²) in [4.78, 5) is -0.938. The molecule has 0 bridgehead atoms. The lowest BCUT2D eigenvalue weighted by atomic mass is 10.2. The van der Waals surface area contributed by atoms with Gasteiger partial charge in [0, 0.05) is 0 Å². The maximum Gasteiger partial charge on any atom is 0.416 e. The summed E-state index contributed by atoms with van der Waals surface area (Å²) < 4.78 is 88.4. The molecule has 21 heavy (non-hydrogen) atoms. The molecule has 0 unspecified atom stereocenters. The van der Waals surface area contributed by atoms with E-state index in [-0.39, 0.29) is 6.07 Å². The molecule has 0 radical (unpaired) electrons. The Bertz CT molecular complexity index is 618. The fraction of sp³-hybridized carbons (Fsp3) is 0.400. The number of hydrogen-bond donors (Lipinski definition) is 2. The van der Waals surface area contributed by atoms with Crippen molar-refractivity contribution in [3.05, 3.63) is 28.8 Å². The van der Waals surface area contributed by atoms with Crippen LogP contribution in [0.5, 0.6) is 0 Å². The third-order valence-electron chi connectivity index (χ3n) is 2.37. The van der Waals surface area contributed by atoms with Crippen LogP contribution in [0.25, 0.3) is 0 Å². The second-order valence-corrected chi connectivity index (χ2v) is 6.17. The predicted molar refractivity (Wildman–Crippen MR) is 65.6 cm³/mol. The van der Waals surface area contributed by atoms with Crippen molar-refractivity contribution in [2.75, 3.05) is 13.1 Å². The minimum absolute atomic E-state index is 0.269. The summed E-state index contributed by atoms with van der Waals surface area (Å²) in [6.45, 7) is -2.47. The van der Waals surface area contributed by atoms with Crippen LogP contribution in [-0.4, -0.2) is 27.4 Å². The van der Waals surface area contributed by atoms with Gasteiger partial charge in [0.15, 0.2) is 0 Å². The van der Waals surface area contributed by atoms with E-state index in [0.29, 0.717) is 6.07 Å². The van der Waals surface area contributed by atoms with Crippen LogP contribution in [0.4, 0.5) is 22.0 Å². The molecule has 0 saturated heterocycles. The van der Waals surface area contributed by atoms with Gasteiger partial charge in [-0.05, 0) is 18.2 Å². The third-order valence-corrected chi connectivity index (χ3v) is 4.25. The van der Waals surface area contributed by atoms with Crippen molar-refractivity contribution in [3.8, 4) is 0 Å². The summed E-state index contributed by atoms with van der Waals surface area (Å²) >= 11 is 5.52. The first-order valence-corrected chi connectivity index (χ1v) is 7.19. The van der Waals surface area contributed by atoms with Crippen LogP contribution in [0.15, 0.2) is 23.1 Å². The van der Waals surface area contributed by atoms with Crippen molar-refractivity contribution in [1.29, 1.82) is 0 Å². The molecule has 0 atom stereocenters. The van der Waals surface area contributed by atoms with Crippen LogP contribution >= 0.6 is 11.6 Å². The van der Waals surface area contributed by atoms with E-state index >= 15 is 0 Å². The highest BCUT2D eigenvalue weighted by Gasteiger charge is 2.34. The zero-order chi connectivity index (χ0) is 16.5. The van der Waals surface area contributed by atoms with Crippen molar-refractivity contribution in [3.63, 3.8) is 0 Å². The molecule has 0 aliphatic heterocycles. The van der Waals surface area contributed by atoms with Gasteiger partial charge in [0.2, 0.25) is 10.0 Å². The minimum atomic E-state index is -4.80. The van der Waals surface area contributed by atoms with Gasteiger partial charge in [-0.15, -0.1) is 0 Å². The summed E-state index contributed by atoms with van der Waals surface area (Å²) in [6.07, 6.45) is -4.80. The minimum Gasteiger partial charge on any atom is -0.325 e. The molecular weight excluding hydrogens is 343 g/mol. The number of rotatable bonds is 5. The Hall–Kier alpha value is -0.970. The highest BCUT2D eigenvalue weighted by molar-refractivity contribution is 7.89. The van der Waals surface area contributed by atoms with Gasteiger partial charge < -0.3 is 5.73 Å². The number of alkyl halides is 5. The van der Waals surface area contributed by atoms with Gasteiger partial charge in [0.1, 0.15) is 4.90 Å². The summed E-state index contributed by atoms with van der Waals surface area (Å²) in [6, 6.07) is 1.57. The lowest BCUT2D eigenvalue weighted by molar-refractivity contribution is -0.137. The van der Waals surface area contributed by atoms with Crippen molar-refractivity contribution in [2.45, 2.75) is 17.0 Å². The van der Waals surface area contributed by atoms with E-state index in [1.807, 2.05) is 0 Å². The van der Waals surface area contributed by atoms with Crippen molar-refractivity contribution in [2.24, 2.45) is 5.73 Å². The average Bonchev–Trinajstić information content (AvgIpc) is 2.35. The predicted octanol–water partition coefficient (Wildman–Crippen LogP) is 2.23. The number of sulfonamides is 1. The summed E-state index contributed by atoms with van der Waals surface area (Å²) in [5.74, 6) is -3.53. The molecule has 0 heterocycles. The number of benzene rings is 1. The Morgan fingerprint density at radius 2 is 1.76 bits per heavy atom. The quantitative estimate of drug-likeness (QED) is 0.798. The molecule has 4 nitrogen and oxygen atoms in total. The van der Waals surface area contributed by atoms with E-state index in [2.05, 4.69) is 0 Å². The molecule has 0 aliphatic carbocycles. The molecule has 0 aromatic heterocycles. The molecule has 1 aromatic rings. The zero-order valence-electron chi connectivity index (χ0n) is 10.2. The monoisotopic (exact) mass is 352 g/mol. The topological polar surface area (TPSA) is 72.2 Å². The smallest absolute Gasteiger partial charge is 0.325 e. The number of nitrogens with two attached hydrogens (primary N) is 1. The highest BCUT2D eigenvalue weighted by Crippen LogP contribution is 2.33. The molecule has 0 aliphatic rings. The zero-order valence-corrected chi connectivity index (χ0v) is 11.8. The molecule has 0 fully saturated rings. The van der Waals surface area contributed by atoms with Crippen molar-refractivity contribution >= 4 is 21.6 Å². The fourth-order valence-corrected chi connectivity index (χ4v) is 2.82. The van der Waals surface area contributed by atoms with Crippen LogP contribution in [0, 0.1) is 0 Å². The average molecular weight is 353 g/mol. The second kappa shape index (κ2) is 6.03. The number of hydrogen-bond acceptors (Lipinski definition) is 3. The van der Waals surface area contributed by atoms with E-state index in [0.717, 1.165) is 6.07 Å². The van der Waals surface area contributed by atoms with Crippen LogP contribution in [-0.2, 0) is 16.2 Å². The van der Waals surface area contributed by atoms with Crippen LogP contribution in [0.2, 0.25) is 5.02 Å². The molecule has 120 valence electrons. The highest BCUT2D eigenvalue weighted by atomic mass is 35.5. The Balaban J connectivity index is 3.14. The maximum absolute atomic E-state index is 12.9. The number of halogens is 6. The molecule has 0 spiro atoms. The first-order valence-electron chi connectivity index (χ1n) is 5.33. The first-order chi connectivity index (χ1) is 9.39. The molecule has 11 heteroatoms. The summed E-state index contributed by atoms with van der Waals surface area (Å²) in [7, 11) is -4.63. The van der Waals surface area contributed by atoms with Crippen LogP contribution < -0.4 is 10.5 Å². The van der Waals surface area contributed by atoms with Crippen molar-refractivity contribution < 1.29 is 30.4 Å². The lowest BCUT2D eigenvalue weighted by Crippen LogP contribution is -2.41. The van der Waals surface area contributed by atoms with Gasteiger partial charge >= 0.3 is 6.18 Å². The number of nitrogens with one attached hydrogen (secondary N) is 1. The van der Waals surface area contributed by atoms with E-state index in [1.165, 1.54) is 4.72 Å². The summed E-state index contributed by atoms with van der Waals surface area (Å²) in [5, 5.41) is -0.522. The van der Waals surface area contributed by atoms with Crippen LogP contribution in [0.3, 0.4) is 0 Å². The normalized spacial score (nSPS) is 13.5. The fourth-order valence-electron chi connectivity index (χ4n) is 1.24. The van der Waals surface area contributed by atoms with Gasteiger partial charge in [-0.25, -0.2) is 21.9 Å². The third kappa shape index (κ3) is 4.77. The Morgan fingerprint density at radius 1 is 1.19 bits per heavy atom. The van der Waals surface area contributed by atoms with Crippen molar-refractivity contribution in [1.82, 2.24) is 4.72 Å². The Kier molecular flexibility index (Phi) is 5.19. The van der Waals surface area contributed by atoms with E-state index in [4.69, 9.17) is 17.3 Å². The van der Waals surface area contributed by atoms with Crippen LogP contribution in [0.1, 0.15) is 5.56 Å². The molecule has 0 amide bonds. The SMILES string of the molecule is NCC(F)(F)CNS(=O)(=O)c1cc(C(F)(F)F)ccc1Cl. The maximum atomic E-state index is 12.9. The standard InChI is InChI=1S/C10H10ClF5N2O2S/c11-7-2-1-6(10(14,15)16)3-8(7)21(19,20)18-5-9(12,13)4-17/h1-3,18H,4-5,17H2. The molecular formula is C10H10ClF5N2O2S. The second-order valence-electron chi connectivity index (χ2n) is 4.03. The lowest BCUT2D eigenvalue weighted by Gasteiger charge is -2.16. The van der Waals surface area contributed by atoms with E-state index < -0.39 is 50.7 Å². The van der Waals surface area contributed by atoms with Gasteiger partial charge in [-0.3, -0.25) is 0 Å². The van der Waals surface area contributed by atoms with Gasteiger partial charge in [0.05, 0.1) is 23.7 Å². The first kappa shape index (κ1) is 18.1. The molecule has 0 saturated carbocycles. The molecule has 1 rings (SSSR count). The van der Waals surface area contributed by atoms with Gasteiger partial charge in [-0.2, -0.15) is 13.2 Å².